The number of carbonyl (C=O) groups excluding carboxylic acids is 1. The normalized spacial score (nSPS) is 10.6. The van der Waals surface area contributed by atoms with Gasteiger partial charge in [-0.1, -0.05) is 42.5 Å². The molecule has 0 aliphatic heterocycles. The van der Waals surface area contributed by atoms with Gasteiger partial charge in [-0.25, -0.2) is 4.39 Å². The molecule has 0 aliphatic carbocycles. The van der Waals surface area contributed by atoms with Gasteiger partial charge in [0.2, 0.25) is 0 Å². The van der Waals surface area contributed by atoms with Crippen LogP contribution in [0.3, 0.4) is 0 Å². The van der Waals surface area contributed by atoms with Crippen LogP contribution in [0.1, 0.15) is 15.9 Å². The standard InChI is InChI=1S/C17H11FO/c18-14-10-8-13(9-11-14)17(19)16-7-3-5-12-4-1-2-6-15(12)16/h1-11H. The van der Waals surface area contributed by atoms with Gasteiger partial charge in [-0.15, -0.1) is 0 Å². The van der Waals surface area contributed by atoms with Crippen LogP contribution in [0, 0.1) is 5.82 Å². The van der Waals surface area contributed by atoms with E-state index in [1.54, 1.807) is 6.07 Å². The Hall–Kier alpha value is -2.48. The van der Waals surface area contributed by atoms with Gasteiger partial charge in [0, 0.05) is 11.1 Å². The van der Waals surface area contributed by atoms with Crippen molar-refractivity contribution in [2.75, 3.05) is 0 Å². The highest BCUT2D eigenvalue weighted by Crippen LogP contribution is 2.21. The average molecular weight is 250 g/mol. The number of fused-ring (bicyclic) bond motifs is 1. The first-order valence-electron chi connectivity index (χ1n) is 6.04. The van der Waals surface area contributed by atoms with Crippen LogP contribution in [0.5, 0.6) is 0 Å². The fourth-order valence-corrected chi connectivity index (χ4v) is 2.18. The average Bonchev–Trinajstić information content (AvgIpc) is 2.47. The van der Waals surface area contributed by atoms with E-state index in [4.69, 9.17) is 0 Å². The van der Waals surface area contributed by atoms with Crippen molar-refractivity contribution in [3.05, 3.63) is 83.7 Å². The highest BCUT2D eigenvalue weighted by molar-refractivity contribution is 6.16. The zero-order chi connectivity index (χ0) is 13.2. The second-order valence-corrected chi connectivity index (χ2v) is 4.36. The molecule has 0 spiro atoms. The molecule has 0 N–H and O–H groups in total. The number of benzene rings is 3. The number of ketones is 1. The molecule has 0 saturated carbocycles. The van der Waals surface area contributed by atoms with Crippen LogP contribution in [-0.2, 0) is 0 Å². The molecule has 0 heterocycles. The van der Waals surface area contributed by atoms with Crippen LogP contribution >= 0.6 is 0 Å². The summed E-state index contributed by atoms with van der Waals surface area (Å²) >= 11 is 0. The predicted octanol–water partition coefficient (Wildman–Crippen LogP) is 4.21. The number of halogens is 1. The third kappa shape index (κ3) is 2.13. The summed E-state index contributed by atoms with van der Waals surface area (Å²) in [4.78, 5) is 12.4. The number of hydrogen-bond acceptors (Lipinski definition) is 1. The zero-order valence-electron chi connectivity index (χ0n) is 10.1. The molecule has 2 heteroatoms. The Bertz CT molecular complexity index is 739. The van der Waals surface area contributed by atoms with Gasteiger partial charge in [0.05, 0.1) is 0 Å². The molecule has 0 saturated heterocycles. The van der Waals surface area contributed by atoms with Crippen molar-refractivity contribution < 1.29 is 9.18 Å². The molecule has 1 nitrogen and oxygen atoms in total. The van der Waals surface area contributed by atoms with Crippen LogP contribution in [0.15, 0.2) is 66.7 Å². The van der Waals surface area contributed by atoms with E-state index < -0.39 is 0 Å². The van der Waals surface area contributed by atoms with Crippen LogP contribution in [0.25, 0.3) is 10.8 Å². The van der Waals surface area contributed by atoms with Crippen molar-refractivity contribution in [3.63, 3.8) is 0 Å². The first-order chi connectivity index (χ1) is 9.25. The Morgan fingerprint density at radius 1 is 0.789 bits per heavy atom. The van der Waals surface area contributed by atoms with Crippen molar-refractivity contribution in [1.82, 2.24) is 0 Å². The SMILES string of the molecule is O=C(c1ccc(F)cc1)c1cccc2ccccc12. The highest BCUT2D eigenvalue weighted by atomic mass is 19.1. The Morgan fingerprint density at radius 3 is 2.26 bits per heavy atom. The topological polar surface area (TPSA) is 17.1 Å². The first-order valence-corrected chi connectivity index (χ1v) is 6.04. The second kappa shape index (κ2) is 4.65. The summed E-state index contributed by atoms with van der Waals surface area (Å²) in [7, 11) is 0. The summed E-state index contributed by atoms with van der Waals surface area (Å²) in [6.07, 6.45) is 0. The van der Waals surface area contributed by atoms with E-state index in [0.717, 1.165) is 10.8 Å². The quantitative estimate of drug-likeness (QED) is 0.623. The lowest BCUT2D eigenvalue weighted by molar-refractivity contribution is 0.104. The molecule has 0 aliphatic rings. The lowest BCUT2D eigenvalue weighted by atomic mass is 9.97. The minimum absolute atomic E-state index is 0.0863. The molecule has 0 bridgehead atoms. The molecular formula is C17H11FO. The number of hydrogen-bond donors (Lipinski definition) is 0. The van der Waals surface area contributed by atoms with Crippen molar-refractivity contribution in [2.45, 2.75) is 0 Å². The first kappa shape index (κ1) is 11.6. The maximum absolute atomic E-state index is 12.9. The fourth-order valence-electron chi connectivity index (χ4n) is 2.18. The van der Waals surface area contributed by atoms with Crippen molar-refractivity contribution in [3.8, 4) is 0 Å². The fraction of sp³-hybridized carbons (Fsp3) is 0. The Labute approximate surface area is 110 Å². The van der Waals surface area contributed by atoms with Gasteiger partial charge in [-0.05, 0) is 35.0 Å². The summed E-state index contributed by atoms with van der Waals surface area (Å²) in [5.74, 6) is -0.425. The zero-order valence-corrected chi connectivity index (χ0v) is 10.1. The third-order valence-corrected chi connectivity index (χ3v) is 3.14. The van der Waals surface area contributed by atoms with Gasteiger partial charge in [0.25, 0.3) is 0 Å². The Kier molecular flexibility index (Phi) is 2.84. The van der Waals surface area contributed by atoms with Crippen LogP contribution in [0.2, 0.25) is 0 Å². The van der Waals surface area contributed by atoms with E-state index >= 15 is 0 Å². The van der Waals surface area contributed by atoms with E-state index in [-0.39, 0.29) is 11.6 Å². The largest absolute Gasteiger partial charge is 0.289 e. The monoisotopic (exact) mass is 250 g/mol. The molecule has 0 aromatic heterocycles. The van der Waals surface area contributed by atoms with E-state index in [1.807, 2.05) is 36.4 Å². The minimum atomic E-state index is -0.338. The molecule has 0 fully saturated rings. The molecule has 3 rings (SSSR count). The van der Waals surface area contributed by atoms with Crippen LogP contribution in [-0.4, -0.2) is 5.78 Å². The van der Waals surface area contributed by atoms with Crippen molar-refractivity contribution in [1.29, 1.82) is 0 Å². The maximum atomic E-state index is 12.9. The highest BCUT2D eigenvalue weighted by Gasteiger charge is 2.11. The molecule has 3 aromatic carbocycles. The van der Waals surface area contributed by atoms with E-state index in [1.165, 1.54) is 24.3 Å². The summed E-state index contributed by atoms with van der Waals surface area (Å²) in [6.45, 7) is 0. The van der Waals surface area contributed by atoms with Crippen molar-refractivity contribution in [2.24, 2.45) is 0 Å². The molecule has 0 atom stereocenters. The number of rotatable bonds is 2. The molecule has 92 valence electrons. The predicted molar refractivity (Wildman–Crippen MR) is 73.8 cm³/mol. The third-order valence-electron chi connectivity index (χ3n) is 3.14. The summed E-state index contributed by atoms with van der Waals surface area (Å²) in [5, 5.41) is 1.94. The van der Waals surface area contributed by atoms with Crippen molar-refractivity contribution >= 4 is 16.6 Å². The molecule has 0 unspecified atom stereocenters. The summed E-state index contributed by atoms with van der Waals surface area (Å²) in [6, 6.07) is 19.0. The van der Waals surface area contributed by atoms with E-state index in [0.29, 0.717) is 11.1 Å². The molecular weight excluding hydrogens is 239 g/mol. The second-order valence-electron chi connectivity index (χ2n) is 4.36. The van der Waals surface area contributed by atoms with Gasteiger partial charge in [0.15, 0.2) is 5.78 Å². The molecule has 19 heavy (non-hydrogen) atoms. The van der Waals surface area contributed by atoms with Crippen LogP contribution < -0.4 is 0 Å². The molecule has 0 amide bonds. The van der Waals surface area contributed by atoms with Gasteiger partial charge in [0.1, 0.15) is 5.82 Å². The summed E-state index contributed by atoms with van der Waals surface area (Å²) in [5.41, 5.74) is 1.14. The van der Waals surface area contributed by atoms with Gasteiger partial charge >= 0.3 is 0 Å². The Morgan fingerprint density at radius 2 is 1.47 bits per heavy atom. The van der Waals surface area contributed by atoms with Gasteiger partial charge < -0.3 is 0 Å². The minimum Gasteiger partial charge on any atom is -0.289 e. The van der Waals surface area contributed by atoms with E-state index in [2.05, 4.69) is 0 Å². The van der Waals surface area contributed by atoms with Crippen LogP contribution in [0.4, 0.5) is 4.39 Å². The molecule has 0 radical (unpaired) electrons. The van der Waals surface area contributed by atoms with Gasteiger partial charge in [-0.3, -0.25) is 4.79 Å². The van der Waals surface area contributed by atoms with E-state index in [9.17, 15) is 9.18 Å². The smallest absolute Gasteiger partial charge is 0.193 e. The molecule has 3 aromatic rings. The lowest BCUT2D eigenvalue weighted by Gasteiger charge is -2.05. The Balaban J connectivity index is 2.14. The lowest BCUT2D eigenvalue weighted by Crippen LogP contribution is -2.02. The number of carbonyl (C=O) groups is 1. The van der Waals surface area contributed by atoms with Gasteiger partial charge in [-0.2, -0.15) is 0 Å². The summed E-state index contributed by atoms with van der Waals surface area (Å²) < 4.78 is 12.9. The maximum Gasteiger partial charge on any atom is 0.193 e.